The average molecular weight is 183 g/mol. The third kappa shape index (κ3) is 3.26. The van der Waals surface area contributed by atoms with Crippen LogP contribution in [0.25, 0.3) is 0 Å². The molecule has 0 fully saturated rings. The summed E-state index contributed by atoms with van der Waals surface area (Å²) in [6.07, 6.45) is 0. The Morgan fingerprint density at radius 1 is 1.57 bits per heavy atom. The van der Waals surface area contributed by atoms with E-state index >= 15 is 0 Å². The largest absolute Gasteiger partial charge is 0.420 e. The smallest absolute Gasteiger partial charge is 0.196 e. The molecule has 0 aromatic heterocycles. The van der Waals surface area contributed by atoms with E-state index in [-0.39, 0.29) is 0 Å². The van der Waals surface area contributed by atoms with Gasteiger partial charge in [-0.3, -0.25) is 0 Å². The summed E-state index contributed by atoms with van der Waals surface area (Å²) < 4.78 is 5.18. The van der Waals surface area contributed by atoms with Gasteiger partial charge in [0.15, 0.2) is 8.32 Å². The Balaban J connectivity index is 3.36. The van der Waals surface area contributed by atoms with Crippen LogP contribution in [0.4, 0.5) is 0 Å². The summed E-state index contributed by atoms with van der Waals surface area (Å²) in [4.78, 5) is 1.02. The molecule has 0 amide bonds. The first-order valence-electron chi connectivity index (χ1n) is 2.23. The van der Waals surface area contributed by atoms with Crippen LogP contribution in [0.5, 0.6) is 0 Å². The Kier molecular flexibility index (Phi) is 3.11. The summed E-state index contributed by atoms with van der Waals surface area (Å²) in [7, 11) is 0.537. The predicted octanol–water partition coefficient (Wildman–Crippen LogP) is 1.77. The lowest BCUT2D eigenvalue weighted by atomic mass is 11.8. The van der Waals surface area contributed by atoms with Crippen molar-refractivity contribution in [2.45, 2.75) is 13.1 Å². The van der Waals surface area contributed by atoms with Crippen molar-refractivity contribution in [3.63, 3.8) is 0 Å². The highest BCUT2D eigenvalue weighted by Gasteiger charge is 2.17. The molecule has 0 unspecified atom stereocenters. The van der Waals surface area contributed by atoms with Crippen molar-refractivity contribution in [1.29, 1.82) is 0 Å². The molecule has 0 heterocycles. The quantitative estimate of drug-likeness (QED) is 0.468. The standard InChI is InChI=1S/C4H11BrOSi/c1-6-7(2,3)4-5/h4H2,1-3H3. The van der Waals surface area contributed by atoms with E-state index in [0.717, 1.165) is 4.95 Å². The van der Waals surface area contributed by atoms with Gasteiger partial charge in [0.25, 0.3) is 0 Å². The fourth-order valence-corrected chi connectivity index (χ4v) is 0.850. The molecule has 0 atom stereocenters. The molecule has 3 heteroatoms. The molecule has 0 spiro atoms. The number of rotatable bonds is 2. The van der Waals surface area contributed by atoms with Gasteiger partial charge >= 0.3 is 0 Å². The Labute approximate surface area is 54.3 Å². The summed E-state index contributed by atoms with van der Waals surface area (Å²) in [5, 5.41) is 0. The van der Waals surface area contributed by atoms with Crippen molar-refractivity contribution in [3.8, 4) is 0 Å². The molecule has 0 aliphatic rings. The number of halogens is 1. The molecule has 7 heavy (non-hydrogen) atoms. The fraction of sp³-hybridized carbons (Fsp3) is 1.00. The molecular weight excluding hydrogens is 172 g/mol. The maximum atomic E-state index is 5.18. The van der Waals surface area contributed by atoms with Crippen molar-refractivity contribution in [3.05, 3.63) is 0 Å². The third-order valence-corrected chi connectivity index (χ3v) is 6.67. The second-order valence-electron chi connectivity index (χ2n) is 2.10. The molecule has 0 radical (unpaired) electrons. The highest BCUT2D eigenvalue weighted by Crippen LogP contribution is 2.04. The van der Waals surface area contributed by atoms with Crippen molar-refractivity contribution in [2.24, 2.45) is 0 Å². The fourth-order valence-electron chi connectivity index (χ4n) is 0.0546. The number of alkyl halides is 1. The normalized spacial score (nSPS) is 12.0. The Bertz CT molecular complexity index is 49.7. The molecule has 0 N–H and O–H groups in total. The SMILES string of the molecule is CO[Si](C)(C)CBr. The van der Waals surface area contributed by atoms with Gasteiger partial charge in [0.05, 0.1) is 0 Å². The molecule has 0 aromatic carbocycles. The van der Waals surface area contributed by atoms with Crippen molar-refractivity contribution < 1.29 is 4.43 Å². The predicted molar refractivity (Wildman–Crippen MR) is 38.3 cm³/mol. The highest BCUT2D eigenvalue weighted by atomic mass is 79.9. The maximum Gasteiger partial charge on any atom is 0.196 e. The van der Waals surface area contributed by atoms with Crippen LogP contribution in [0.2, 0.25) is 13.1 Å². The molecule has 0 aliphatic heterocycles. The van der Waals surface area contributed by atoms with Gasteiger partial charge in [0.2, 0.25) is 0 Å². The summed E-state index contributed by atoms with van der Waals surface area (Å²) >= 11 is 3.37. The average Bonchev–Trinajstić information content (AvgIpc) is 1.68. The van der Waals surface area contributed by atoms with E-state index in [4.69, 9.17) is 4.43 Å². The van der Waals surface area contributed by atoms with E-state index in [1.54, 1.807) is 7.11 Å². The lowest BCUT2D eigenvalue weighted by molar-refractivity contribution is 0.410. The maximum absolute atomic E-state index is 5.18. The second-order valence-corrected chi connectivity index (χ2v) is 7.97. The summed E-state index contributed by atoms with van der Waals surface area (Å²) in [6, 6.07) is 0. The van der Waals surface area contributed by atoms with Gasteiger partial charge in [0, 0.05) is 12.1 Å². The Morgan fingerprint density at radius 2 is 2.00 bits per heavy atom. The monoisotopic (exact) mass is 182 g/mol. The molecule has 0 aliphatic carbocycles. The van der Waals surface area contributed by atoms with Crippen molar-refractivity contribution >= 4 is 24.2 Å². The lowest BCUT2D eigenvalue weighted by Crippen LogP contribution is -2.30. The molecule has 0 saturated carbocycles. The van der Waals surface area contributed by atoms with E-state index in [0.29, 0.717) is 0 Å². The minimum absolute atomic E-state index is 1.02. The topological polar surface area (TPSA) is 9.23 Å². The third-order valence-electron chi connectivity index (χ3n) is 0.874. The van der Waals surface area contributed by atoms with Crippen LogP contribution >= 0.6 is 15.9 Å². The van der Waals surface area contributed by atoms with Gasteiger partial charge in [-0.25, -0.2) is 0 Å². The first kappa shape index (κ1) is 7.66. The molecule has 0 rings (SSSR count). The molecule has 0 bridgehead atoms. The molecule has 1 nitrogen and oxygen atoms in total. The Hall–Kier alpha value is 0.657. The van der Waals surface area contributed by atoms with Crippen LogP contribution in [0.1, 0.15) is 0 Å². The molecule has 0 saturated heterocycles. The van der Waals surface area contributed by atoms with E-state index < -0.39 is 8.32 Å². The van der Waals surface area contributed by atoms with Gasteiger partial charge < -0.3 is 4.43 Å². The number of hydrogen-bond donors (Lipinski definition) is 0. The van der Waals surface area contributed by atoms with Gasteiger partial charge in [0.1, 0.15) is 0 Å². The zero-order valence-corrected chi connectivity index (χ0v) is 7.58. The molecular formula is C4H11BrOSi. The van der Waals surface area contributed by atoms with Gasteiger partial charge in [-0.2, -0.15) is 0 Å². The van der Waals surface area contributed by atoms with Gasteiger partial charge in [-0.05, 0) is 13.1 Å². The van der Waals surface area contributed by atoms with E-state index in [2.05, 4.69) is 29.0 Å². The van der Waals surface area contributed by atoms with Crippen LogP contribution in [-0.4, -0.2) is 20.4 Å². The summed E-state index contributed by atoms with van der Waals surface area (Å²) in [5.74, 6) is 0. The zero-order chi connectivity index (χ0) is 5.91. The second kappa shape index (κ2) is 2.84. The van der Waals surface area contributed by atoms with E-state index in [1.807, 2.05) is 0 Å². The first-order chi connectivity index (χ1) is 3.12. The minimum atomic E-state index is -1.23. The molecule has 44 valence electrons. The minimum Gasteiger partial charge on any atom is -0.420 e. The van der Waals surface area contributed by atoms with Crippen LogP contribution in [-0.2, 0) is 4.43 Å². The summed E-state index contributed by atoms with van der Waals surface area (Å²) in [6.45, 7) is 4.34. The molecule has 0 aromatic rings. The van der Waals surface area contributed by atoms with Gasteiger partial charge in [-0.15, -0.1) is 0 Å². The van der Waals surface area contributed by atoms with E-state index in [9.17, 15) is 0 Å². The zero-order valence-electron chi connectivity index (χ0n) is 4.99. The van der Waals surface area contributed by atoms with Crippen LogP contribution in [0.3, 0.4) is 0 Å². The highest BCUT2D eigenvalue weighted by molar-refractivity contribution is 9.09. The van der Waals surface area contributed by atoms with Gasteiger partial charge in [-0.1, -0.05) is 15.9 Å². The van der Waals surface area contributed by atoms with Crippen LogP contribution in [0, 0.1) is 0 Å². The Morgan fingerprint density at radius 3 is 2.00 bits per heavy atom. The van der Waals surface area contributed by atoms with Crippen molar-refractivity contribution in [2.75, 3.05) is 12.1 Å². The van der Waals surface area contributed by atoms with Crippen LogP contribution < -0.4 is 0 Å². The first-order valence-corrected chi connectivity index (χ1v) is 6.47. The van der Waals surface area contributed by atoms with E-state index in [1.165, 1.54) is 0 Å². The van der Waals surface area contributed by atoms with Crippen molar-refractivity contribution in [1.82, 2.24) is 0 Å². The lowest BCUT2D eigenvalue weighted by Gasteiger charge is -2.14. The summed E-state index contributed by atoms with van der Waals surface area (Å²) in [5.41, 5.74) is 0. The van der Waals surface area contributed by atoms with Crippen LogP contribution in [0.15, 0.2) is 0 Å². The number of hydrogen-bond acceptors (Lipinski definition) is 1.